The second kappa shape index (κ2) is 6.26. The van der Waals surface area contributed by atoms with E-state index in [9.17, 15) is 13.6 Å². The van der Waals surface area contributed by atoms with Gasteiger partial charge >= 0.3 is 0 Å². The van der Waals surface area contributed by atoms with E-state index in [-0.39, 0.29) is 11.6 Å². The third-order valence-electron chi connectivity index (χ3n) is 3.87. The Balaban J connectivity index is 2.23. The third kappa shape index (κ3) is 3.32. The molecule has 0 heterocycles. The second-order valence-electron chi connectivity index (χ2n) is 5.61. The van der Waals surface area contributed by atoms with Crippen LogP contribution in [0.5, 0.6) is 0 Å². The molecule has 22 heavy (non-hydrogen) atoms. The minimum atomic E-state index is -0.860. The zero-order valence-corrected chi connectivity index (χ0v) is 13.1. The zero-order valence-electron chi connectivity index (χ0n) is 13.1. The molecule has 0 spiro atoms. The third-order valence-corrected chi connectivity index (χ3v) is 3.87. The lowest BCUT2D eigenvalue weighted by molar-refractivity contribution is 0.0935. The Bertz CT molecular complexity index is 725. The number of halogens is 2. The quantitative estimate of drug-likeness (QED) is 0.895. The van der Waals surface area contributed by atoms with E-state index in [1.807, 2.05) is 33.8 Å². The van der Waals surface area contributed by atoms with Crippen LogP contribution < -0.4 is 5.32 Å². The molecule has 0 saturated carbocycles. The van der Waals surface area contributed by atoms with E-state index in [1.54, 1.807) is 0 Å². The van der Waals surface area contributed by atoms with E-state index in [2.05, 4.69) is 11.4 Å². The first-order chi connectivity index (χ1) is 10.3. The van der Waals surface area contributed by atoms with Crippen LogP contribution >= 0.6 is 0 Å². The van der Waals surface area contributed by atoms with Crippen molar-refractivity contribution in [3.8, 4) is 0 Å². The summed E-state index contributed by atoms with van der Waals surface area (Å²) in [5.41, 5.74) is 4.21. The van der Waals surface area contributed by atoms with Gasteiger partial charge in [-0.05, 0) is 62.1 Å². The van der Waals surface area contributed by atoms with Crippen LogP contribution in [0.15, 0.2) is 30.3 Å². The molecule has 0 bridgehead atoms. The van der Waals surface area contributed by atoms with Crippen molar-refractivity contribution in [2.45, 2.75) is 33.7 Å². The van der Waals surface area contributed by atoms with Gasteiger partial charge < -0.3 is 5.32 Å². The van der Waals surface area contributed by atoms with Crippen molar-refractivity contribution in [1.29, 1.82) is 0 Å². The topological polar surface area (TPSA) is 29.1 Å². The Hall–Kier alpha value is -2.23. The van der Waals surface area contributed by atoms with E-state index >= 15 is 0 Å². The Morgan fingerprint density at radius 3 is 2.27 bits per heavy atom. The van der Waals surface area contributed by atoms with Crippen molar-refractivity contribution < 1.29 is 13.6 Å². The fourth-order valence-electron chi connectivity index (χ4n) is 2.48. The monoisotopic (exact) mass is 303 g/mol. The highest BCUT2D eigenvalue weighted by Crippen LogP contribution is 2.22. The molecule has 0 fully saturated rings. The molecule has 2 aromatic rings. The van der Waals surface area contributed by atoms with Crippen molar-refractivity contribution in [1.82, 2.24) is 5.32 Å². The van der Waals surface area contributed by atoms with Crippen LogP contribution in [0.4, 0.5) is 8.78 Å². The maximum Gasteiger partial charge on any atom is 0.254 e. The van der Waals surface area contributed by atoms with E-state index in [4.69, 9.17) is 0 Å². The average molecular weight is 303 g/mol. The highest BCUT2D eigenvalue weighted by atomic mass is 19.1. The minimum Gasteiger partial charge on any atom is -0.345 e. The van der Waals surface area contributed by atoms with Crippen LogP contribution in [-0.2, 0) is 0 Å². The molecular weight excluding hydrogens is 284 g/mol. The highest BCUT2D eigenvalue weighted by Gasteiger charge is 2.17. The van der Waals surface area contributed by atoms with E-state index in [1.165, 1.54) is 5.56 Å². The van der Waals surface area contributed by atoms with Gasteiger partial charge in [-0.2, -0.15) is 0 Å². The number of nitrogens with one attached hydrogen (secondary N) is 1. The van der Waals surface area contributed by atoms with Gasteiger partial charge in [0.05, 0.1) is 11.6 Å². The molecule has 1 amide bonds. The lowest BCUT2D eigenvalue weighted by atomic mass is 9.96. The summed E-state index contributed by atoms with van der Waals surface area (Å²) in [6, 6.07) is 6.75. The van der Waals surface area contributed by atoms with Crippen LogP contribution in [0.25, 0.3) is 0 Å². The molecule has 1 atom stereocenters. The van der Waals surface area contributed by atoms with Crippen molar-refractivity contribution in [2.75, 3.05) is 0 Å². The van der Waals surface area contributed by atoms with Gasteiger partial charge in [-0.3, -0.25) is 4.79 Å². The summed E-state index contributed by atoms with van der Waals surface area (Å²) in [4.78, 5) is 12.2. The minimum absolute atomic E-state index is 0.158. The van der Waals surface area contributed by atoms with E-state index in [0.717, 1.165) is 28.8 Å². The SMILES string of the molecule is Cc1cc(C)c(C(C)NC(=O)c2ccc(F)cc2F)cc1C. The normalized spacial score (nSPS) is 12.1. The molecule has 0 aliphatic heterocycles. The summed E-state index contributed by atoms with van der Waals surface area (Å²) in [5.74, 6) is -2.11. The fourth-order valence-corrected chi connectivity index (χ4v) is 2.48. The number of amides is 1. The molecule has 0 aliphatic rings. The number of aryl methyl sites for hydroxylation is 3. The van der Waals surface area contributed by atoms with Crippen LogP contribution in [-0.4, -0.2) is 5.91 Å². The summed E-state index contributed by atoms with van der Waals surface area (Å²) in [5, 5.41) is 2.76. The Morgan fingerprint density at radius 1 is 1.00 bits per heavy atom. The Kier molecular flexibility index (Phi) is 4.59. The van der Waals surface area contributed by atoms with Gasteiger partial charge in [0.15, 0.2) is 0 Å². The molecule has 116 valence electrons. The lowest BCUT2D eigenvalue weighted by Gasteiger charge is -2.18. The number of benzene rings is 2. The van der Waals surface area contributed by atoms with Crippen molar-refractivity contribution in [2.24, 2.45) is 0 Å². The standard InChI is InChI=1S/C18H19F2NO/c1-10-7-12(3)16(8-11(10)2)13(4)21-18(22)15-6-5-14(19)9-17(15)20/h5-9,13H,1-4H3,(H,21,22). The molecule has 1 N–H and O–H groups in total. The van der Waals surface area contributed by atoms with Gasteiger partial charge in [0.1, 0.15) is 11.6 Å². The van der Waals surface area contributed by atoms with Crippen molar-refractivity contribution >= 4 is 5.91 Å². The van der Waals surface area contributed by atoms with Crippen LogP contribution in [0.1, 0.15) is 45.6 Å². The summed E-state index contributed by atoms with van der Waals surface area (Å²) in [6.07, 6.45) is 0. The average Bonchev–Trinajstić information content (AvgIpc) is 2.42. The molecule has 0 saturated heterocycles. The Morgan fingerprint density at radius 2 is 1.64 bits per heavy atom. The van der Waals surface area contributed by atoms with Gasteiger partial charge in [-0.1, -0.05) is 12.1 Å². The predicted octanol–water partition coefficient (Wildman–Crippen LogP) is 4.38. The number of hydrogen-bond donors (Lipinski definition) is 1. The summed E-state index contributed by atoms with van der Waals surface area (Å²) < 4.78 is 26.6. The molecule has 4 heteroatoms. The van der Waals surface area contributed by atoms with Gasteiger partial charge in [0.2, 0.25) is 0 Å². The molecule has 2 rings (SSSR count). The molecule has 2 nitrogen and oxygen atoms in total. The van der Waals surface area contributed by atoms with Crippen molar-refractivity contribution in [3.63, 3.8) is 0 Å². The molecule has 0 aliphatic carbocycles. The smallest absolute Gasteiger partial charge is 0.254 e. The zero-order chi connectivity index (χ0) is 16.4. The van der Waals surface area contributed by atoms with Gasteiger partial charge in [-0.25, -0.2) is 8.78 Å². The number of hydrogen-bond acceptors (Lipinski definition) is 1. The summed E-state index contributed by atoms with van der Waals surface area (Å²) >= 11 is 0. The second-order valence-corrected chi connectivity index (χ2v) is 5.61. The summed E-state index contributed by atoms with van der Waals surface area (Å²) in [7, 11) is 0. The summed E-state index contributed by atoms with van der Waals surface area (Å²) in [6.45, 7) is 7.86. The fraction of sp³-hybridized carbons (Fsp3) is 0.278. The first kappa shape index (κ1) is 16.1. The van der Waals surface area contributed by atoms with Gasteiger partial charge in [0.25, 0.3) is 5.91 Å². The molecule has 2 aromatic carbocycles. The maximum atomic E-state index is 13.6. The highest BCUT2D eigenvalue weighted by molar-refractivity contribution is 5.94. The van der Waals surface area contributed by atoms with Gasteiger partial charge in [-0.15, -0.1) is 0 Å². The number of carbonyl (C=O) groups is 1. The van der Waals surface area contributed by atoms with Crippen molar-refractivity contribution in [3.05, 3.63) is 69.8 Å². The predicted molar refractivity (Wildman–Crippen MR) is 82.9 cm³/mol. The van der Waals surface area contributed by atoms with E-state index in [0.29, 0.717) is 6.07 Å². The van der Waals surface area contributed by atoms with Crippen LogP contribution in [0.2, 0.25) is 0 Å². The van der Waals surface area contributed by atoms with Crippen LogP contribution in [0.3, 0.4) is 0 Å². The lowest BCUT2D eigenvalue weighted by Crippen LogP contribution is -2.28. The molecule has 1 unspecified atom stereocenters. The largest absolute Gasteiger partial charge is 0.345 e. The number of carbonyl (C=O) groups excluding carboxylic acids is 1. The maximum absolute atomic E-state index is 13.6. The molecular formula is C18H19F2NO. The Labute approximate surface area is 129 Å². The van der Waals surface area contributed by atoms with Gasteiger partial charge in [0, 0.05) is 6.07 Å². The van der Waals surface area contributed by atoms with Crippen LogP contribution in [0, 0.1) is 32.4 Å². The first-order valence-corrected chi connectivity index (χ1v) is 7.13. The molecule has 0 radical (unpaired) electrons. The first-order valence-electron chi connectivity index (χ1n) is 7.13. The molecule has 0 aromatic heterocycles. The number of rotatable bonds is 3. The van der Waals surface area contributed by atoms with E-state index < -0.39 is 17.5 Å².